The zero-order chi connectivity index (χ0) is 39.0. The second-order valence-corrected chi connectivity index (χ2v) is 15.2. The highest BCUT2D eigenvalue weighted by Crippen LogP contribution is 2.41. The summed E-state index contributed by atoms with van der Waals surface area (Å²) in [5.74, 6) is 0. The first kappa shape index (κ1) is 33.0. The summed E-state index contributed by atoms with van der Waals surface area (Å²) in [7, 11) is 0. The molecule has 12 rings (SSSR count). The molecule has 0 radical (unpaired) electrons. The molecule has 274 valence electrons. The van der Waals surface area contributed by atoms with Crippen LogP contribution in [0.4, 0.5) is 0 Å². The number of nitrogens with zero attached hydrogens (tertiary/aromatic N) is 5. The molecule has 0 amide bonds. The summed E-state index contributed by atoms with van der Waals surface area (Å²) >= 11 is 0. The summed E-state index contributed by atoms with van der Waals surface area (Å²) in [5, 5.41) is 16.4. The zero-order valence-electron chi connectivity index (χ0n) is 31.8. The van der Waals surface area contributed by atoms with E-state index in [0.717, 1.165) is 66.9 Å². The minimum Gasteiger partial charge on any atom is -0.309 e. The van der Waals surface area contributed by atoms with Gasteiger partial charge < -0.3 is 13.7 Å². The molecule has 59 heavy (non-hydrogen) atoms. The van der Waals surface area contributed by atoms with Gasteiger partial charge in [0.1, 0.15) is 0 Å². The van der Waals surface area contributed by atoms with Gasteiger partial charge in [-0.15, -0.1) is 0 Å². The van der Waals surface area contributed by atoms with Gasteiger partial charge in [-0.1, -0.05) is 103 Å². The standard InChI is InChI=1S/C54H33N5/c55-33-35-19-21-36(22-20-35)37-23-26-41(27-24-37)59-50-18-10-8-16-43(50)47-31-48(56-34-54(47)59)38-25-28-51-44(29-38)46-30-45-42-15-7-9-17-49(42)57(39-11-3-1-4-12-39)52(45)32-53(46)58(51)40-13-5-2-6-14-40/h1-32,34H. The van der Waals surface area contributed by atoms with Crippen LogP contribution in [-0.4, -0.2) is 18.7 Å². The molecule has 0 aliphatic rings. The maximum atomic E-state index is 9.25. The lowest BCUT2D eigenvalue weighted by Crippen LogP contribution is -1.95. The van der Waals surface area contributed by atoms with Crippen molar-refractivity contribution in [2.45, 2.75) is 0 Å². The van der Waals surface area contributed by atoms with E-state index in [0.29, 0.717) is 5.56 Å². The number of para-hydroxylation sites is 4. The Balaban J connectivity index is 1.04. The number of hydrogen-bond donors (Lipinski definition) is 0. The van der Waals surface area contributed by atoms with Gasteiger partial charge in [0.2, 0.25) is 0 Å². The Bertz CT molecular complexity index is 3640. The first-order chi connectivity index (χ1) is 29.2. The number of aromatic nitrogens is 4. The SMILES string of the molecule is N#Cc1ccc(-c2ccc(-n3c4ccccc4c4cc(-c5ccc6c(c5)c5cc7c8ccccc8n(-c8ccccc8)c7cc5n6-c5ccccc5)ncc43)cc2)cc1. The van der Waals surface area contributed by atoms with Crippen LogP contribution in [-0.2, 0) is 0 Å². The molecule has 0 bridgehead atoms. The van der Waals surface area contributed by atoms with Crippen LogP contribution >= 0.6 is 0 Å². The molecule has 0 aliphatic carbocycles. The van der Waals surface area contributed by atoms with Crippen molar-refractivity contribution in [3.63, 3.8) is 0 Å². The summed E-state index contributed by atoms with van der Waals surface area (Å²) in [5.41, 5.74) is 15.1. The molecule has 0 saturated carbocycles. The fourth-order valence-electron chi connectivity index (χ4n) is 9.20. The Labute approximate surface area is 339 Å². The fraction of sp³-hybridized carbons (Fsp3) is 0. The van der Waals surface area contributed by atoms with Gasteiger partial charge >= 0.3 is 0 Å². The Morgan fingerprint density at radius 1 is 0.339 bits per heavy atom. The average Bonchev–Trinajstić information content (AvgIpc) is 3.93. The molecule has 4 heterocycles. The number of hydrogen-bond acceptors (Lipinski definition) is 2. The second kappa shape index (κ2) is 12.9. The lowest BCUT2D eigenvalue weighted by molar-refractivity contribution is 1.16. The van der Waals surface area contributed by atoms with Gasteiger partial charge in [-0.3, -0.25) is 4.98 Å². The van der Waals surface area contributed by atoms with Gasteiger partial charge in [0.25, 0.3) is 0 Å². The lowest BCUT2D eigenvalue weighted by Gasteiger charge is -2.10. The molecule has 0 fully saturated rings. The van der Waals surface area contributed by atoms with Crippen molar-refractivity contribution in [1.29, 1.82) is 5.26 Å². The molecule has 5 nitrogen and oxygen atoms in total. The van der Waals surface area contributed by atoms with Crippen molar-refractivity contribution >= 4 is 65.4 Å². The molecular formula is C54H33N5. The molecule has 0 spiro atoms. The van der Waals surface area contributed by atoms with Crippen LogP contribution in [0.2, 0.25) is 0 Å². The first-order valence-corrected chi connectivity index (χ1v) is 19.8. The van der Waals surface area contributed by atoms with Gasteiger partial charge in [-0.2, -0.15) is 5.26 Å². The molecule has 0 N–H and O–H groups in total. The molecule has 5 heteroatoms. The topological polar surface area (TPSA) is 51.5 Å². The molecule has 0 aliphatic heterocycles. The smallest absolute Gasteiger partial charge is 0.0991 e. The summed E-state index contributed by atoms with van der Waals surface area (Å²) in [6.45, 7) is 0. The Morgan fingerprint density at radius 2 is 0.797 bits per heavy atom. The van der Waals surface area contributed by atoms with E-state index < -0.39 is 0 Å². The zero-order valence-corrected chi connectivity index (χ0v) is 31.8. The predicted octanol–water partition coefficient (Wildman–Crippen LogP) is 13.6. The van der Waals surface area contributed by atoms with Crippen LogP contribution in [0.3, 0.4) is 0 Å². The number of pyridine rings is 1. The van der Waals surface area contributed by atoms with Crippen LogP contribution in [0.1, 0.15) is 5.56 Å². The van der Waals surface area contributed by atoms with E-state index in [1.54, 1.807) is 0 Å². The molecule has 0 unspecified atom stereocenters. The van der Waals surface area contributed by atoms with Crippen LogP contribution in [0, 0.1) is 11.3 Å². The average molecular weight is 752 g/mol. The molecule has 12 aromatic rings. The number of benzene rings is 8. The molecule has 4 aromatic heterocycles. The maximum absolute atomic E-state index is 9.25. The quantitative estimate of drug-likeness (QED) is 0.176. The predicted molar refractivity (Wildman–Crippen MR) is 243 cm³/mol. The van der Waals surface area contributed by atoms with E-state index in [2.05, 4.69) is 190 Å². The summed E-state index contributed by atoms with van der Waals surface area (Å²) < 4.78 is 7.09. The molecule has 0 atom stereocenters. The third-order valence-electron chi connectivity index (χ3n) is 11.9. The Hall–Kier alpha value is -8.20. The molecular weight excluding hydrogens is 719 g/mol. The van der Waals surface area contributed by atoms with Crippen LogP contribution < -0.4 is 0 Å². The van der Waals surface area contributed by atoms with Gasteiger partial charge in [-0.05, 0) is 102 Å². The van der Waals surface area contributed by atoms with E-state index in [-0.39, 0.29) is 0 Å². The molecule has 0 saturated heterocycles. The number of fused-ring (bicyclic) bond motifs is 9. The van der Waals surface area contributed by atoms with Crippen molar-refractivity contribution in [2.24, 2.45) is 0 Å². The van der Waals surface area contributed by atoms with Crippen molar-refractivity contribution in [1.82, 2.24) is 18.7 Å². The van der Waals surface area contributed by atoms with Crippen LogP contribution in [0.25, 0.3) is 105 Å². The van der Waals surface area contributed by atoms with Gasteiger partial charge in [0, 0.05) is 54.9 Å². The maximum Gasteiger partial charge on any atom is 0.0991 e. The number of nitriles is 1. The van der Waals surface area contributed by atoms with E-state index in [1.165, 1.54) is 38.0 Å². The Morgan fingerprint density at radius 3 is 1.41 bits per heavy atom. The largest absolute Gasteiger partial charge is 0.309 e. The fourth-order valence-corrected chi connectivity index (χ4v) is 9.20. The highest BCUT2D eigenvalue weighted by atomic mass is 15.0. The number of rotatable bonds is 5. The first-order valence-electron chi connectivity index (χ1n) is 19.8. The summed E-state index contributed by atoms with van der Waals surface area (Å²) in [4.78, 5) is 5.16. The van der Waals surface area contributed by atoms with Crippen molar-refractivity contribution < 1.29 is 0 Å². The van der Waals surface area contributed by atoms with Crippen LogP contribution in [0.15, 0.2) is 200 Å². The van der Waals surface area contributed by atoms with Gasteiger partial charge in [0.15, 0.2) is 0 Å². The highest BCUT2D eigenvalue weighted by molar-refractivity contribution is 6.20. The Kier molecular flexibility index (Phi) is 7.22. The third kappa shape index (κ3) is 5.07. The van der Waals surface area contributed by atoms with Crippen molar-refractivity contribution in [3.8, 4) is 45.5 Å². The van der Waals surface area contributed by atoms with E-state index >= 15 is 0 Å². The summed E-state index contributed by atoms with van der Waals surface area (Å²) in [6.07, 6.45) is 2.03. The van der Waals surface area contributed by atoms with Crippen molar-refractivity contribution in [2.75, 3.05) is 0 Å². The van der Waals surface area contributed by atoms with E-state index in [4.69, 9.17) is 4.98 Å². The summed E-state index contributed by atoms with van der Waals surface area (Å²) in [6, 6.07) is 71.1. The van der Waals surface area contributed by atoms with Crippen molar-refractivity contribution in [3.05, 3.63) is 206 Å². The van der Waals surface area contributed by atoms with Gasteiger partial charge in [-0.25, -0.2) is 0 Å². The minimum atomic E-state index is 0.659. The van der Waals surface area contributed by atoms with Crippen LogP contribution in [0.5, 0.6) is 0 Å². The normalized spacial score (nSPS) is 11.7. The minimum absolute atomic E-state index is 0.659. The lowest BCUT2D eigenvalue weighted by atomic mass is 10.0. The van der Waals surface area contributed by atoms with Gasteiger partial charge in [0.05, 0.1) is 56.6 Å². The monoisotopic (exact) mass is 751 g/mol. The molecule has 8 aromatic carbocycles. The van der Waals surface area contributed by atoms with E-state index in [1.807, 2.05) is 30.5 Å². The second-order valence-electron chi connectivity index (χ2n) is 15.2. The highest BCUT2D eigenvalue weighted by Gasteiger charge is 2.20. The van der Waals surface area contributed by atoms with E-state index in [9.17, 15) is 5.26 Å². The third-order valence-corrected chi connectivity index (χ3v) is 11.9.